The molecule has 2 unspecified atom stereocenters. The largest absolute Gasteiger partial charge is 0.370 e. The number of para-hydroxylation sites is 1. The van der Waals surface area contributed by atoms with Gasteiger partial charge in [0.25, 0.3) is 0 Å². The van der Waals surface area contributed by atoms with E-state index in [1.165, 1.54) is 0 Å². The minimum Gasteiger partial charge on any atom is -0.370 e. The number of ketones is 1. The molecule has 4 heteroatoms. The van der Waals surface area contributed by atoms with Crippen molar-refractivity contribution >= 4 is 33.3 Å². The van der Waals surface area contributed by atoms with Crippen molar-refractivity contribution < 1.29 is 4.79 Å². The fourth-order valence-corrected chi connectivity index (χ4v) is 4.76. The van der Waals surface area contributed by atoms with Gasteiger partial charge in [-0.2, -0.15) is 0 Å². The number of anilines is 1. The molecule has 1 aliphatic carbocycles. The molecule has 3 aromatic rings. The number of carbonyl (C=O) groups excluding carboxylic acids is 1. The summed E-state index contributed by atoms with van der Waals surface area (Å²) in [5.41, 5.74) is 3.74. The first-order valence-corrected chi connectivity index (χ1v) is 11.0. The van der Waals surface area contributed by atoms with Gasteiger partial charge in [-0.05, 0) is 47.6 Å². The minimum atomic E-state index is -0.0154. The van der Waals surface area contributed by atoms with Gasteiger partial charge in [-0.1, -0.05) is 51.6 Å². The van der Waals surface area contributed by atoms with Crippen molar-refractivity contribution in [2.75, 3.05) is 18.5 Å². The lowest BCUT2D eigenvalue weighted by Gasteiger charge is -2.24. The normalized spacial score (nSPS) is 23.6. The molecule has 160 valence electrons. The van der Waals surface area contributed by atoms with Crippen LogP contribution < -0.4 is 10.3 Å². The maximum Gasteiger partial charge on any atom is 0.197 e. The summed E-state index contributed by atoms with van der Waals surface area (Å²) in [6.45, 7) is 11.0. The number of likely N-dealkylation sites (N-methyl/N-ethyl adjacent to an activating group) is 1. The van der Waals surface area contributed by atoms with Crippen molar-refractivity contribution in [2.45, 2.75) is 27.2 Å². The average Bonchev–Trinajstić information content (AvgIpc) is 3.47. The molecule has 0 amide bonds. The molecule has 2 aromatic carbocycles. The van der Waals surface area contributed by atoms with Gasteiger partial charge in [0.1, 0.15) is 0 Å². The molecule has 0 spiro atoms. The zero-order valence-electron chi connectivity index (χ0n) is 19.0. The summed E-state index contributed by atoms with van der Waals surface area (Å²) >= 11 is 0. The van der Waals surface area contributed by atoms with Crippen LogP contribution in [0.3, 0.4) is 0 Å². The molecule has 0 N–H and O–H groups in total. The highest BCUT2D eigenvalue weighted by Crippen LogP contribution is 2.57. The Kier molecular flexibility index (Phi) is 5.12. The van der Waals surface area contributed by atoms with Gasteiger partial charge in [0.2, 0.25) is 0 Å². The number of allylic oxidation sites excluding steroid dienone is 2. The Hall–Kier alpha value is -3.14. The number of rotatable bonds is 0. The summed E-state index contributed by atoms with van der Waals surface area (Å²) in [5.74, 6) is 0.178. The van der Waals surface area contributed by atoms with Gasteiger partial charge in [-0.3, -0.25) is 9.59 Å². The van der Waals surface area contributed by atoms with E-state index in [0.29, 0.717) is 28.5 Å². The van der Waals surface area contributed by atoms with Gasteiger partial charge < -0.3 is 9.47 Å². The average molecular weight is 415 g/mol. The monoisotopic (exact) mass is 414 g/mol. The third kappa shape index (κ3) is 3.21. The van der Waals surface area contributed by atoms with Crippen molar-refractivity contribution in [1.82, 2.24) is 4.57 Å². The first-order valence-electron chi connectivity index (χ1n) is 11.0. The second kappa shape index (κ2) is 7.52. The van der Waals surface area contributed by atoms with E-state index in [9.17, 15) is 9.59 Å². The van der Waals surface area contributed by atoms with Gasteiger partial charge in [0, 0.05) is 42.7 Å². The van der Waals surface area contributed by atoms with Crippen LogP contribution in [0.4, 0.5) is 5.69 Å². The molecule has 1 aliphatic heterocycles. The van der Waals surface area contributed by atoms with Crippen LogP contribution in [-0.4, -0.2) is 23.9 Å². The molecule has 31 heavy (non-hydrogen) atoms. The number of fused-ring (bicyclic) bond motifs is 4. The summed E-state index contributed by atoms with van der Waals surface area (Å²) in [6, 6.07) is 11.4. The van der Waals surface area contributed by atoms with E-state index in [4.69, 9.17) is 0 Å². The van der Waals surface area contributed by atoms with Crippen LogP contribution in [0.15, 0.2) is 65.5 Å². The number of benzene rings is 2. The van der Waals surface area contributed by atoms with Gasteiger partial charge >= 0.3 is 0 Å². The highest BCUT2D eigenvalue weighted by Gasteiger charge is 2.51. The second-order valence-corrected chi connectivity index (χ2v) is 8.69. The van der Waals surface area contributed by atoms with Crippen molar-refractivity contribution in [2.24, 2.45) is 18.4 Å². The Morgan fingerprint density at radius 2 is 1.74 bits per heavy atom. The minimum absolute atomic E-state index is 0.00131. The zero-order chi connectivity index (χ0) is 22.5. The van der Waals surface area contributed by atoms with Crippen molar-refractivity contribution in [1.29, 1.82) is 0 Å². The maximum absolute atomic E-state index is 13.4. The summed E-state index contributed by atoms with van der Waals surface area (Å²) in [5, 5.41) is 1.32. The predicted octanol–water partition coefficient (Wildman–Crippen LogP) is 5.49. The number of Topliss-reactive ketones (excluding diaryl/α,β-unsaturated/α-hetero) is 1. The molecule has 0 bridgehead atoms. The number of hydrogen-bond donors (Lipinski definition) is 0. The molecular formula is C27H30N2O2. The van der Waals surface area contributed by atoms with Crippen molar-refractivity contribution in [3.63, 3.8) is 0 Å². The molecule has 0 radical (unpaired) electrons. The van der Waals surface area contributed by atoms with Crippen LogP contribution in [0, 0.1) is 11.3 Å². The second-order valence-electron chi connectivity index (χ2n) is 8.69. The zero-order valence-corrected chi connectivity index (χ0v) is 19.0. The van der Waals surface area contributed by atoms with E-state index in [-0.39, 0.29) is 22.5 Å². The number of aromatic nitrogens is 1. The first kappa shape index (κ1) is 21.1. The molecule has 2 atom stereocenters. The summed E-state index contributed by atoms with van der Waals surface area (Å²) in [6.07, 6.45) is 5.34. The Labute approximate surface area is 183 Å². The van der Waals surface area contributed by atoms with Crippen LogP contribution in [-0.2, 0) is 7.05 Å². The van der Waals surface area contributed by atoms with E-state index in [0.717, 1.165) is 23.1 Å². The summed E-state index contributed by atoms with van der Waals surface area (Å²) < 4.78 is 2.00. The molecule has 4 nitrogen and oxygen atoms in total. The standard InChI is InChI=1S/C25H24N2O2.C2H6/c1-15-19-14-25(19,2)10-7-11-26(3)21-12-18-22(13-17(21)23(15)28)27(4)20-9-6-5-8-16(20)24(18)29;1-2/h5-10,12-13,19H,1,11,14H2,2-4H3;1-2H3/b10-7-;. The van der Waals surface area contributed by atoms with Crippen LogP contribution in [0.5, 0.6) is 0 Å². The van der Waals surface area contributed by atoms with Crippen molar-refractivity contribution in [3.8, 4) is 0 Å². The number of aryl methyl sites for hydroxylation is 1. The SMILES string of the molecule is C=C1C(=O)c2cc3c(cc2N(C)C/C=C\C2(C)CC12)c(=O)c1ccccc1n3C.CC. The molecule has 5 rings (SSSR count). The summed E-state index contributed by atoms with van der Waals surface area (Å²) in [7, 11) is 3.91. The van der Waals surface area contributed by atoms with Gasteiger partial charge in [0.05, 0.1) is 11.0 Å². The first-order chi connectivity index (χ1) is 14.8. The van der Waals surface area contributed by atoms with Crippen LogP contribution >= 0.6 is 0 Å². The fraction of sp³-hybridized carbons (Fsp3) is 0.333. The molecule has 1 saturated carbocycles. The highest BCUT2D eigenvalue weighted by molar-refractivity contribution is 6.15. The number of nitrogens with zero attached hydrogens (tertiary/aromatic N) is 2. The van der Waals surface area contributed by atoms with E-state index >= 15 is 0 Å². The van der Waals surface area contributed by atoms with Crippen molar-refractivity contribution in [3.05, 3.63) is 76.5 Å². The molecule has 2 aliphatic rings. The highest BCUT2D eigenvalue weighted by atomic mass is 16.1. The number of hydrogen-bond acceptors (Lipinski definition) is 3. The van der Waals surface area contributed by atoms with E-state index in [2.05, 4.69) is 25.7 Å². The Morgan fingerprint density at radius 1 is 1.03 bits per heavy atom. The molecule has 0 saturated heterocycles. The summed E-state index contributed by atoms with van der Waals surface area (Å²) in [4.78, 5) is 28.7. The third-order valence-electron chi connectivity index (χ3n) is 6.76. The fourth-order valence-electron chi connectivity index (χ4n) is 4.76. The predicted molar refractivity (Wildman–Crippen MR) is 130 cm³/mol. The van der Waals surface area contributed by atoms with E-state index in [1.54, 1.807) is 0 Å². The van der Waals surface area contributed by atoms with Crippen LogP contribution in [0.2, 0.25) is 0 Å². The third-order valence-corrected chi connectivity index (χ3v) is 6.76. The maximum atomic E-state index is 13.4. The lowest BCUT2D eigenvalue weighted by molar-refractivity contribution is 0.102. The Balaban J connectivity index is 0.00000112. The van der Waals surface area contributed by atoms with E-state index in [1.807, 2.05) is 73.8 Å². The quantitative estimate of drug-likeness (QED) is 0.278. The van der Waals surface area contributed by atoms with Crippen LogP contribution in [0.25, 0.3) is 21.8 Å². The van der Waals surface area contributed by atoms with E-state index < -0.39 is 0 Å². The number of carbonyl (C=O) groups is 1. The molecule has 2 heterocycles. The Bertz CT molecular complexity index is 1310. The molecular weight excluding hydrogens is 384 g/mol. The van der Waals surface area contributed by atoms with Gasteiger partial charge in [0.15, 0.2) is 11.2 Å². The van der Waals surface area contributed by atoms with Gasteiger partial charge in [-0.25, -0.2) is 0 Å². The molecule has 1 fully saturated rings. The van der Waals surface area contributed by atoms with Crippen LogP contribution in [0.1, 0.15) is 37.6 Å². The topological polar surface area (TPSA) is 42.3 Å². The van der Waals surface area contributed by atoms with Gasteiger partial charge in [-0.15, -0.1) is 0 Å². The Morgan fingerprint density at radius 3 is 2.48 bits per heavy atom. The number of pyridine rings is 1. The smallest absolute Gasteiger partial charge is 0.197 e. The molecule has 1 aromatic heterocycles. The lowest BCUT2D eigenvalue weighted by atomic mass is 9.92. The lowest BCUT2D eigenvalue weighted by Crippen LogP contribution is -2.23.